The zero-order valence-corrected chi connectivity index (χ0v) is 23.0. The Labute approximate surface area is 227 Å². The molecule has 8 nitrogen and oxygen atoms in total. The molecule has 2 heterocycles. The van der Waals surface area contributed by atoms with E-state index in [9.17, 15) is 8.42 Å². The van der Waals surface area contributed by atoms with Gasteiger partial charge in [0.1, 0.15) is 0 Å². The zero-order chi connectivity index (χ0) is 25.4. The van der Waals surface area contributed by atoms with Gasteiger partial charge >= 0.3 is 25.0 Å². The summed E-state index contributed by atoms with van der Waals surface area (Å²) in [6.07, 6.45) is 2.86. The quantitative estimate of drug-likeness (QED) is 0.255. The van der Waals surface area contributed by atoms with Crippen molar-refractivity contribution in [3.8, 4) is 0 Å². The molecule has 187 valence electrons. The number of amidine groups is 1. The molecule has 0 aliphatic carbocycles. The summed E-state index contributed by atoms with van der Waals surface area (Å²) in [4.78, 5) is 0.259. The van der Waals surface area contributed by atoms with Gasteiger partial charge in [0, 0.05) is 30.6 Å². The molecule has 13 heteroatoms. The van der Waals surface area contributed by atoms with E-state index in [0.29, 0.717) is 34.3 Å². The minimum atomic E-state index is -3.47. The van der Waals surface area contributed by atoms with Gasteiger partial charge < -0.3 is 12.6 Å². The van der Waals surface area contributed by atoms with Crippen LogP contribution in [0.2, 0.25) is 0 Å². The van der Waals surface area contributed by atoms with E-state index in [1.54, 1.807) is 31.2 Å². The fourth-order valence-corrected chi connectivity index (χ4v) is 6.02. The van der Waals surface area contributed by atoms with Gasteiger partial charge in [0.25, 0.3) is 0 Å². The molecule has 0 bridgehead atoms. The number of rotatable bonds is 6. The second-order valence-electron chi connectivity index (χ2n) is 7.58. The Kier molecular flexibility index (Phi) is 10.3. The number of sulfonamides is 1. The molecule has 1 N–H and O–H groups in total. The number of piperidine rings is 1. The van der Waals surface area contributed by atoms with Crippen molar-refractivity contribution >= 4 is 67.7 Å². The summed E-state index contributed by atoms with van der Waals surface area (Å²) in [5.74, 6) is 0.193. The van der Waals surface area contributed by atoms with Crippen LogP contribution in [0.25, 0.3) is 0 Å². The molecule has 1 saturated heterocycles. The number of nitrogens with zero attached hydrogens (tertiary/aromatic N) is 5. The van der Waals surface area contributed by atoms with Gasteiger partial charge in [-0.3, -0.25) is 5.41 Å². The van der Waals surface area contributed by atoms with Gasteiger partial charge in [-0.2, -0.15) is 9.41 Å². The third-order valence-corrected chi connectivity index (χ3v) is 8.21. The molecule has 4 rings (SSSR count). The van der Waals surface area contributed by atoms with Crippen LogP contribution in [0.4, 0.5) is 11.4 Å². The Balaban J connectivity index is 0.00000167. The van der Waals surface area contributed by atoms with Crippen LogP contribution >= 0.6 is 22.1 Å². The number of hydrazone groups is 1. The van der Waals surface area contributed by atoms with E-state index in [1.165, 1.54) is 9.31 Å². The molecule has 2 aromatic rings. The van der Waals surface area contributed by atoms with Crippen LogP contribution in [0.1, 0.15) is 26.2 Å². The van der Waals surface area contributed by atoms with Gasteiger partial charge in [-0.05, 0) is 56.2 Å². The van der Waals surface area contributed by atoms with E-state index >= 15 is 0 Å². The van der Waals surface area contributed by atoms with Gasteiger partial charge in [-0.1, -0.05) is 24.6 Å². The Morgan fingerprint density at radius 2 is 1.71 bits per heavy atom. The molecule has 2 aliphatic rings. The van der Waals surface area contributed by atoms with Crippen LogP contribution in [-0.2, 0) is 37.5 Å². The first-order chi connectivity index (χ1) is 16.9. The molecular formula is C22H23ClCoN6O2S3. The number of halogens is 1. The van der Waals surface area contributed by atoms with E-state index < -0.39 is 10.0 Å². The molecule has 0 atom stereocenters. The molecule has 0 spiro atoms. The number of anilines is 1. The number of hydrogen-bond acceptors (Lipinski definition) is 8. The maximum absolute atomic E-state index is 12.8. The molecule has 0 saturated carbocycles. The van der Waals surface area contributed by atoms with E-state index in [0.717, 1.165) is 36.9 Å². The normalized spacial score (nSPS) is 18.3. The number of benzene rings is 2. The molecule has 0 amide bonds. The first kappa shape index (κ1) is 27.8. The molecule has 1 fully saturated rings. The topological polar surface area (TPSA) is 102 Å². The van der Waals surface area contributed by atoms with Crippen LogP contribution < -0.4 is 5.01 Å². The Hall–Kier alpha value is -1.80. The van der Waals surface area contributed by atoms with Crippen molar-refractivity contribution in [1.82, 2.24) is 4.31 Å². The van der Waals surface area contributed by atoms with Gasteiger partial charge in [-0.25, -0.2) is 13.4 Å². The van der Waals surface area contributed by atoms with Crippen LogP contribution in [0.15, 0.2) is 84.0 Å². The van der Waals surface area contributed by atoms with Gasteiger partial charge in [0.2, 0.25) is 10.0 Å². The maximum atomic E-state index is 12.8. The van der Waals surface area contributed by atoms with E-state index in [1.807, 2.05) is 30.3 Å². The van der Waals surface area contributed by atoms with Crippen molar-refractivity contribution in [3.05, 3.63) is 64.4 Å². The first-order valence-corrected chi connectivity index (χ1v) is 14.6. The van der Waals surface area contributed by atoms with Crippen molar-refractivity contribution in [3.63, 3.8) is 0 Å². The standard InChI is InChI=1S/C22H24N6O2S3.ClH.Co/c1-16-20(21(23)28(25-16)18-8-4-2-5-9-18)22(31)32-26-24-17-10-12-19(13-11-17)33(29,30)27-14-6-3-7-15-27;;/h2,4-5,8-13,23,31H,3,6-7,14-15H2,1H3;1H;/q;;+2/p-2/b22-20-,23-21?,26-24?;;. The summed E-state index contributed by atoms with van der Waals surface area (Å²) in [5, 5.41) is 18.6. The number of nitrogens with one attached hydrogen (secondary N) is 1. The molecule has 0 unspecified atom stereocenters. The average Bonchev–Trinajstić information content (AvgIpc) is 3.20. The van der Waals surface area contributed by atoms with Gasteiger partial charge in [0.15, 0.2) is 5.84 Å². The van der Waals surface area contributed by atoms with Crippen molar-refractivity contribution in [2.45, 2.75) is 31.1 Å². The van der Waals surface area contributed by atoms with Crippen molar-refractivity contribution < 1.29 is 23.3 Å². The SMILES string of the molecule is CC1=NN(c2ccccc2)C(=N)/C1=C(/[S-])SN=Nc1ccc(S(=O)(=O)N2CCCCC2)cc1.[Cl][Co+]. The molecule has 0 aromatic heterocycles. The fourth-order valence-electron chi connectivity index (χ4n) is 3.62. The van der Waals surface area contributed by atoms with Crippen molar-refractivity contribution in [1.29, 1.82) is 5.41 Å². The van der Waals surface area contributed by atoms with Gasteiger partial charge in [-0.15, -0.1) is 13.9 Å². The summed E-state index contributed by atoms with van der Waals surface area (Å²) in [7, 11) is 0.852. The molecule has 2 aliphatic heterocycles. The molecular weight excluding hydrogens is 571 g/mol. The third kappa shape index (κ3) is 6.70. The molecule has 35 heavy (non-hydrogen) atoms. The summed E-state index contributed by atoms with van der Waals surface area (Å²) < 4.78 is 31.5. The number of hydrogen-bond donors (Lipinski definition) is 1. The molecule has 2 aromatic carbocycles. The van der Waals surface area contributed by atoms with E-state index in [4.69, 9.17) is 18.0 Å². The van der Waals surface area contributed by atoms with Crippen LogP contribution in [0.3, 0.4) is 0 Å². The average molecular weight is 594 g/mol. The Morgan fingerprint density at radius 1 is 1.09 bits per heavy atom. The van der Waals surface area contributed by atoms with E-state index in [2.05, 4.69) is 39.7 Å². The fraction of sp³-hybridized carbons (Fsp3) is 0.273. The zero-order valence-electron chi connectivity index (χ0n) is 18.7. The second-order valence-corrected chi connectivity index (χ2v) is 10.9. The predicted octanol–water partition coefficient (Wildman–Crippen LogP) is 5.91. The summed E-state index contributed by atoms with van der Waals surface area (Å²) >= 11 is 9.49. The number of para-hydroxylation sites is 1. The molecule has 0 radical (unpaired) electrons. The summed E-state index contributed by atoms with van der Waals surface area (Å²) in [6, 6.07) is 15.8. The minimum absolute atomic E-state index is 0.193. The van der Waals surface area contributed by atoms with Crippen LogP contribution in [-0.4, -0.2) is 37.4 Å². The first-order valence-electron chi connectivity index (χ1n) is 10.6. The predicted molar refractivity (Wildman–Crippen MR) is 141 cm³/mol. The van der Waals surface area contributed by atoms with Crippen molar-refractivity contribution in [2.24, 2.45) is 14.7 Å². The summed E-state index contributed by atoms with van der Waals surface area (Å²) in [6.45, 7) is 2.94. The summed E-state index contributed by atoms with van der Waals surface area (Å²) in [5.41, 5.74) is 2.49. The van der Waals surface area contributed by atoms with Crippen molar-refractivity contribution in [2.75, 3.05) is 18.1 Å². The van der Waals surface area contributed by atoms with E-state index in [-0.39, 0.29) is 10.7 Å². The van der Waals surface area contributed by atoms with Crippen LogP contribution in [0.5, 0.6) is 0 Å². The Bertz CT molecular complexity index is 1230. The monoisotopic (exact) mass is 593 g/mol. The second kappa shape index (κ2) is 12.9. The Morgan fingerprint density at radius 3 is 2.34 bits per heavy atom. The van der Waals surface area contributed by atoms with Crippen LogP contribution in [0, 0.1) is 5.41 Å². The third-order valence-electron chi connectivity index (χ3n) is 5.33. The van der Waals surface area contributed by atoms with Gasteiger partial charge in [0.05, 0.1) is 22.0 Å².